The first-order valence-electron chi connectivity index (χ1n) is 10.1. The van der Waals surface area contributed by atoms with Gasteiger partial charge in [0, 0.05) is 36.8 Å². The number of para-hydroxylation sites is 1. The van der Waals surface area contributed by atoms with E-state index in [1.54, 1.807) is 12.4 Å². The van der Waals surface area contributed by atoms with Crippen molar-refractivity contribution in [3.63, 3.8) is 0 Å². The summed E-state index contributed by atoms with van der Waals surface area (Å²) in [4.78, 5) is 22.9. The highest BCUT2D eigenvalue weighted by molar-refractivity contribution is 6.07. The molecular formula is C24H23N5O. The minimum absolute atomic E-state index is 0.0155. The number of pyridine rings is 1. The number of hydrogen-bond acceptors (Lipinski definition) is 4. The van der Waals surface area contributed by atoms with Gasteiger partial charge in [0.2, 0.25) is 0 Å². The summed E-state index contributed by atoms with van der Waals surface area (Å²) in [6.07, 6.45) is 3.53. The molecule has 1 aliphatic rings. The topological polar surface area (TPSA) is 65.1 Å². The van der Waals surface area contributed by atoms with Gasteiger partial charge in [-0.1, -0.05) is 48.5 Å². The molecule has 1 N–H and O–H groups in total. The van der Waals surface area contributed by atoms with Gasteiger partial charge in [-0.3, -0.25) is 9.89 Å². The molecule has 30 heavy (non-hydrogen) atoms. The normalized spacial score (nSPS) is 17.4. The predicted octanol–water partition coefficient (Wildman–Crippen LogP) is 3.75. The van der Waals surface area contributed by atoms with E-state index >= 15 is 0 Å². The molecule has 1 saturated heterocycles. The van der Waals surface area contributed by atoms with Gasteiger partial charge < -0.3 is 9.80 Å². The fraction of sp³-hybridized carbons (Fsp3) is 0.208. The fourth-order valence-corrected chi connectivity index (χ4v) is 4.17. The van der Waals surface area contributed by atoms with Crippen molar-refractivity contribution in [3.8, 4) is 11.3 Å². The molecule has 0 bridgehead atoms. The van der Waals surface area contributed by atoms with Gasteiger partial charge in [-0.15, -0.1) is 0 Å². The number of nitrogens with one attached hydrogen (secondary N) is 1. The largest absolute Gasteiger partial charge is 0.329 e. The smallest absolute Gasteiger partial charge is 0.255 e. The van der Waals surface area contributed by atoms with Crippen LogP contribution in [0.1, 0.15) is 22.0 Å². The lowest BCUT2D eigenvalue weighted by atomic mass is 9.99. The molecule has 3 heterocycles. The summed E-state index contributed by atoms with van der Waals surface area (Å²) in [7, 11) is 2.11. The SMILES string of the molecule is CN1CCN(C(=O)c2cc(-c3cn[nH]c3)nc3ccccc23)[C@@H](c2ccccc2)C1. The number of likely N-dealkylation sites (N-methyl/N-ethyl adjacent to an activating group) is 1. The number of nitrogens with zero attached hydrogens (tertiary/aromatic N) is 4. The standard InChI is InChI=1S/C24H23N5O/c1-28-11-12-29(23(16-28)17-7-3-2-4-8-17)24(30)20-13-22(18-14-25-26-15-18)27-21-10-6-5-9-19(20)21/h2-10,13-15,23H,11-12,16H2,1H3,(H,25,26)/t23-/m1/s1. The van der Waals surface area contributed by atoms with Crippen LogP contribution in [0, 0.1) is 0 Å². The van der Waals surface area contributed by atoms with Crippen LogP contribution in [0.5, 0.6) is 0 Å². The number of carbonyl (C=O) groups is 1. The molecule has 0 radical (unpaired) electrons. The molecule has 6 nitrogen and oxygen atoms in total. The summed E-state index contributed by atoms with van der Waals surface area (Å²) in [5.74, 6) is 0.0419. The molecule has 6 heteroatoms. The Morgan fingerprint density at radius 2 is 1.87 bits per heavy atom. The quantitative estimate of drug-likeness (QED) is 0.572. The van der Waals surface area contributed by atoms with Crippen LogP contribution < -0.4 is 0 Å². The number of fused-ring (bicyclic) bond motifs is 1. The zero-order valence-electron chi connectivity index (χ0n) is 16.8. The summed E-state index contributed by atoms with van der Waals surface area (Å²) in [5.41, 5.74) is 4.27. The van der Waals surface area contributed by atoms with Crippen molar-refractivity contribution >= 4 is 16.8 Å². The molecule has 150 valence electrons. The molecule has 0 unspecified atom stereocenters. The van der Waals surface area contributed by atoms with Crippen molar-refractivity contribution in [2.75, 3.05) is 26.7 Å². The van der Waals surface area contributed by atoms with Crippen molar-refractivity contribution in [2.24, 2.45) is 0 Å². The Hall–Kier alpha value is -3.51. The molecule has 2 aromatic carbocycles. The third kappa shape index (κ3) is 3.35. The summed E-state index contributed by atoms with van der Waals surface area (Å²) >= 11 is 0. The van der Waals surface area contributed by atoms with E-state index in [1.807, 2.05) is 53.4 Å². The van der Waals surface area contributed by atoms with Crippen molar-refractivity contribution in [1.29, 1.82) is 0 Å². The van der Waals surface area contributed by atoms with Gasteiger partial charge in [-0.05, 0) is 24.7 Å². The number of piperazine rings is 1. The van der Waals surface area contributed by atoms with Gasteiger partial charge in [0.15, 0.2) is 0 Å². The van der Waals surface area contributed by atoms with Gasteiger partial charge in [0.1, 0.15) is 0 Å². The molecule has 4 aromatic rings. The van der Waals surface area contributed by atoms with E-state index in [4.69, 9.17) is 4.98 Å². The minimum atomic E-state index is 0.0155. The number of H-pyrrole nitrogens is 1. The third-order valence-corrected chi connectivity index (χ3v) is 5.77. The van der Waals surface area contributed by atoms with Crippen LogP contribution in [-0.4, -0.2) is 57.6 Å². The number of amides is 1. The average molecular weight is 397 g/mol. The lowest BCUT2D eigenvalue weighted by molar-refractivity contribution is 0.0500. The molecule has 1 aliphatic heterocycles. The van der Waals surface area contributed by atoms with E-state index in [0.717, 1.165) is 40.8 Å². The third-order valence-electron chi connectivity index (χ3n) is 5.77. The van der Waals surface area contributed by atoms with Gasteiger partial charge in [-0.25, -0.2) is 4.98 Å². The zero-order chi connectivity index (χ0) is 20.5. The minimum Gasteiger partial charge on any atom is -0.329 e. The Labute approximate surface area is 175 Å². The van der Waals surface area contributed by atoms with Crippen LogP contribution in [0.4, 0.5) is 0 Å². The zero-order valence-corrected chi connectivity index (χ0v) is 16.8. The number of rotatable bonds is 3. The summed E-state index contributed by atoms with van der Waals surface area (Å²) in [5, 5.41) is 7.74. The molecule has 5 rings (SSSR count). The Bertz CT molecular complexity index is 1170. The van der Waals surface area contributed by atoms with Crippen molar-refractivity contribution in [2.45, 2.75) is 6.04 Å². The maximum Gasteiger partial charge on any atom is 0.255 e. The summed E-state index contributed by atoms with van der Waals surface area (Å²) < 4.78 is 0. The average Bonchev–Trinajstić information content (AvgIpc) is 3.33. The molecule has 1 amide bonds. The Morgan fingerprint density at radius 3 is 2.67 bits per heavy atom. The second kappa shape index (κ2) is 7.72. The van der Waals surface area contributed by atoms with Crippen molar-refractivity contribution < 1.29 is 4.79 Å². The Balaban J connectivity index is 1.61. The highest BCUT2D eigenvalue weighted by atomic mass is 16.2. The van der Waals surface area contributed by atoms with Gasteiger partial charge in [0.25, 0.3) is 5.91 Å². The number of aromatic amines is 1. The number of benzene rings is 2. The van der Waals surface area contributed by atoms with E-state index in [1.165, 1.54) is 0 Å². The summed E-state index contributed by atoms with van der Waals surface area (Å²) in [6.45, 7) is 2.35. The molecule has 0 spiro atoms. The molecule has 0 saturated carbocycles. The maximum atomic E-state index is 13.9. The second-order valence-electron chi connectivity index (χ2n) is 7.75. The lowest BCUT2D eigenvalue weighted by Crippen LogP contribution is -2.49. The Kier molecular flexibility index (Phi) is 4.77. The highest BCUT2D eigenvalue weighted by Crippen LogP contribution is 2.30. The lowest BCUT2D eigenvalue weighted by Gasteiger charge is -2.40. The molecule has 1 atom stereocenters. The van der Waals surface area contributed by atoms with Crippen molar-refractivity contribution in [3.05, 3.63) is 84.2 Å². The van der Waals surface area contributed by atoms with E-state index < -0.39 is 0 Å². The monoisotopic (exact) mass is 397 g/mol. The van der Waals surface area contributed by atoms with Gasteiger partial charge in [-0.2, -0.15) is 5.10 Å². The molecule has 2 aromatic heterocycles. The van der Waals surface area contributed by atoms with E-state index in [9.17, 15) is 4.79 Å². The van der Waals surface area contributed by atoms with E-state index in [2.05, 4.69) is 34.3 Å². The predicted molar refractivity (Wildman–Crippen MR) is 117 cm³/mol. The fourth-order valence-electron chi connectivity index (χ4n) is 4.17. The van der Waals surface area contributed by atoms with Crippen molar-refractivity contribution in [1.82, 2.24) is 25.0 Å². The van der Waals surface area contributed by atoms with Crippen LogP contribution in [0.2, 0.25) is 0 Å². The second-order valence-corrected chi connectivity index (χ2v) is 7.75. The van der Waals surface area contributed by atoms with E-state index in [0.29, 0.717) is 12.1 Å². The van der Waals surface area contributed by atoms with Gasteiger partial charge in [0.05, 0.1) is 29.0 Å². The van der Waals surface area contributed by atoms with Crippen LogP contribution in [0.15, 0.2) is 73.1 Å². The summed E-state index contributed by atoms with van der Waals surface area (Å²) in [6, 6.07) is 20.0. The van der Waals surface area contributed by atoms with Crippen LogP contribution in [0.3, 0.4) is 0 Å². The number of aromatic nitrogens is 3. The number of carbonyl (C=O) groups excluding carboxylic acids is 1. The molecular weight excluding hydrogens is 374 g/mol. The first kappa shape index (κ1) is 18.5. The van der Waals surface area contributed by atoms with E-state index in [-0.39, 0.29) is 11.9 Å². The molecule has 1 fully saturated rings. The van der Waals surface area contributed by atoms with Crippen LogP contribution in [-0.2, 0) is 0 Å². The first-order chi connectivity index (χ1) is 14.7. The highest BCUT2D eigenvalue weighted by Gasteiger charge is 2.31. The number of hydrogen-bond donors (Lipinski definition) is 1. The van der Waals surface area contributed by atoms with Crippen LogP contribution in [0.25, 0.3) is 22.2 Å². The maximum absolute atomic E-state index is 13.9. The Morgan fingerprint density at radius 1 is 1.07 bits per heavy atom. The van der Waals surface area contributed by atoms with Crippen LogP contribution >= 0.6 is 0 Å². The van der Waals surface area contributed by atoms with Gasteiger partial charge >= 0.3 is 0 Å². The first-order valence-corrected chi connectivity index (χ1v) is 10.1. The molecule has 0 aliphatic carbocycles.